The molecule has 0 saturated carbocycles. The van der Waals surface area contributed by atoms with Crippen LogP contribution in [0, 0.1) is 0 Å². The summed E-state index contributed by atoms with van der Waals surface area (Å²) in [6.07, 6.45) is 0. The van der Waals surface area contributed by atoms with Gasteiger partial charge in [0.2, 0.25) is 0 Å². The van der Waals surface area contributed by atoms with Crippen molar-refractivity contribution in [2.75, 3.05) is 12.8 Å². The van der Waals surface area contributed by atoms with Crippen molar-refractivity contribution in [2.24, 2.45) is 0 Å². The first-order valence-corrected chi connectivity index (χ1v) is 4.71. The molecule has 6 heteroatoms. The third kappa shape index (κ3) is 2.09. The number of nitrogen functional groups attached to an aromatic ring is 1. The molecule has 0 bridgehead atoms. The van der Waals surface area contributed by atoms with E-state index in [4.69, 9.17) is 10.5 Å². The summed E-state index contributed by atoms with van der Waals surface area (Å²) in [7, 11) is -3.37. The molecule has 0 spiro atoms. The number of ether oxygens (including phenoxy) is 1. The van der Waals surface area contributed by atoms with Crippen LogP contribution in [-0.2, 0) is 10.2 Å². The topological polar surface area (TPSA) is 69.4 Å². The maximum Gasteiger partial charge on any atom is 0.332 e. The molecule has 1 aromatic rings. The lowest BCUT2D eigenvalue weighted by atomic mass is 10.3. The number of anilines is 1. The van der Waals surface area contributed by atoms with Crippen molar-refractivity contribution in [3.05, 3.63) is 18.2 Å². The summed E-state index contributed by atoms with van der Waals surface area (Å²) in [6, 6.07) is 3.38. The molecule has 4 nitrogen and oxygen atoms in total. The number of rotatable bonds is 2. The van der Waals surface area contributed by atoms with Crippen molar-refractivity contribution in [2.45, 2.75) is 4.90 Å². The Labute approximate surface area is 75.3 Å². The first-order valence-electron chi connectivity index (χ1n) is 3.33. The second kappa shape index (κ2) is 3.21. The smallest absolute Gasteiger partial charge is 0.332 e. The number of halogens is 1. The van der Waals surface area contributed by atoms with Crippen molar-refractivity contribution >= 4 is 15.9 Å². The van der Waals surface area contributed by atoms with Gasteiger partial charge in [0.25, 0.3) is 0 Å². The second-order valence-corrected chi connectivity index (χ2v) is 3.69. The first-order chi connectivity index (χ1) is 5.95. The van der Waals surface area contributed by atoms with Gasteiger partial charge in [-0.25, -0.2) is 0 Å². The van der Waals surface area contributed by atoms with E-state index in [0.717, 1.165) is 12.1 Å². The summed E-state index contributed by atoms with van der Waals surface area (Å²) < 4.78 is 38.1. The number of benzene rings is 1. The Morgan fingerprint density at radius 3 is 2.54 bits per heavy atom. The van der Waals surface area contributed by atoms with Crippen LogP contribution in [0.5, 0.6) is 5.75 Å². The number of hydrogen-bond donors (Lipinski definition) is 1. The van der Waals surface area contributed by atoms with Gasteiger partial charge in [-0.1, -0.05) is 0 Å². The molecule has 2 N–H and O–H groups in total. The van der Waals surface area contributed by atoms with E-state index in [-0.39, 0.29) is 11.4 Å². The summed E-state index contributed by atoms with van der Waals surface area (Å²) in [5, 5.41) is 0. The fourth-order valence-electron chi connectivity index (χ4n) is 0.843. The van der Waals surface area contributed by atoms with Gasteiger partial charge >= 0.3 is 10.2 Å². The lowest BCUT2D eigenvalue weighted by Gasteiger charge is -2.04. The summed E-state index contributed by atoms with van der Waals surface area (Å²) in [5.74, 6) is 0.138. The van der Waals surface area contributed by atoms with Crippen LogP contribution in [0.4, 0.5) is 9.57 Å². The molecule has 0 unspecified atom stereocenters. The van der Waals surface area contributed by atoms with E-state index < -0.39 is 15.1 Å². The summed E-state index contributed by atoms with van der Waals surface area (Å²) >= 11 is 0. The van der Waals surface area contributed by atoms with Crippen molar-refractivity contribution in [3.63, 3.8) is 0 Å². The molecule has 0 aliphatic heterocycles. The Kier molecular flexibility index (Phi) is 2.42. The lowest BCUT2D eigenvalue weighted by molar-refractivity contribution is 0.415. The molecule has 13 heavy (non-hydrogen) atoms. The molecule has 0 fully saturated rings. The average Bonchev–Trinajstić information content (AvgIpc) is 2.03. The maximum absolute atomic E-state index is 12.4. The van der Waals surface area contributed by atoms with Gasteiger partial charge in [-0.3, -0.25) is 0 Å². The molecule has 0 aliphatic rings. The van der Waals surface area contributed by atoms with E-state index in [1.165, 1.54) is 13.2 Å². The van der Waals surface area contributed by atoms with Gasteiger partial charge in [-0.15, -0.1) is 3.89 Å². The van der Waals surface area contributed by atoms with Crippen LogP contribution in [0.1, 0.15) is 0 Å². The summed E-state index contributed by atoms with van der Waals surface area (Å²) in [6.45, 7) is 0. The normalized spacial score (nSPS) is 11.2. The van der Waals surface area contributed by atoms with Crippen LogP contribution in [0.25, 0.3) is 0 Å². The zero-order valence-electron chi connectivity index (χ0n) is 6.82. The zero-order valence-corrected chi connectivity index (χ0v) is 7.64. The lowest BCUT2D eigenvalue weighted by Crippen LogP contribution is -1.96. The van der Waals surface area contributed by atoms with Gasteiger partial charge in [0.1, 0.15) is 10.6 Å². The minimum Gasteiger partial charge on any atom is -0.495 e. The highest BCUT2D eigenvalue weighted by Crippen LogP contribution is 2.25. The van der Waals surface area contributed by atoms with Gasteiger partial charge in [-0.05, 0) is 12.1 Å². The Bertz CT molecular complexity index is 416. The summed E-state index contributed by atoms with van der Waals surface area (Å²) in [5.41, 5.74) is 5.66. The minimum absolute atomic E-state index is 0.138. The highest BCUT2D eigenvalue weighted by Gasteiger charge is 2.13. The van der Waals surface area contributed by atoms with Crippen LogP contribution in [0.15, 0.2) is 23.1 Å². The van der Waals surface area contributed by atoms with Gasteiger partial charge in [-0.2, -0.15) is 8.42 Å². The molecular formula is C7H8FNO3S. The predicted octanol–water partition coefficient (Wildman–Crippen LogP) is 0.936. The Balaban J connectivity index is 3.30. The molecule has 0 radical (unpaired) electrons. The monoisotopic (exact) mass is 205 g/mol. The van der Waals surface area contributed by atoms with E-state index in [1.54, 1.807) is 0 Å². The van der Waals surface area contributed by atoms with Crippen LogP contribution >= 0.6 is 0 Å². The molecule has 72 valence electrons. The highest BCUT2D eigenvalue weighted by molar-refractivity contribution is 7.86. The quantitative estimate of drug-likeness (QED) is 0.576. The largest absolute Gasteiger partial charge is 0.495 e. The molecule has 0 aromatic heterocycles. The molecule has 1 rings (SSSR count). The van der Waals surface area contributed by atoms with Crippen LogP contribution in [0.3, 0.4) is 0 Å². The number of nitrogens with two attached hydrogens (primary N) is 1. The molecular weight excluding hydrogens is 197 g/mol. The van der Waals surface area contributed by atoms with Gasteiger partial charge in [0.15, 0.2) is 0 Å². The van der Waals surface area contributed by atoms with E-state index in [2.05, 4.69) is 0 Å². The van der Waals surface area contributed by atoms with Crippen LogP contribution in [-0.4, -0.2) is 15.5 Å². The van der Waals surface area contributed by atoms with Gasteiger partial charge in [0, 0.05) is 6.07 Å². The van der Waals surface area contributed by atoms with E-state index in [1.807, 2.05) is 0 Å². The fraction of sp³-hybridized carbons (Fsp3) is 0.143. The van der Waals surface area contributed by atoms with Crippen molar-refractivity contribution in [3.8, 4) is 5.75 Å². The highest BCUT2D eigenvalue weighted by atomic mass is 32.3. The Morgan fingerprint density at radius 2 is 2.08 bits per heavy atom. The first kappa shape index (κ1) is 9.79. The molecule has 0 saturated heterocycles. The van der Waals surface area contributed by atoms with Gasteiger partial charge in [0.05, 0.1) is 12.8 Å². The zero-order chi connectivity index (χ0) is 10.1. The second-order valence-electron chi connectivity index (χ2n) is 2.34. The van der Waals surface area contributed by atoms with E-state index in [9.17, 15) is 12.3 Å². The molecule has 0 atom stereocenters. The summed E-state index contributed by atoms with van der Waals surface area (Å²) in [4.78, 5) is -0.460. The molecule has 1 aromatic carbocycles. The molecule has 0 aliphatic carbocycles. The Morgan fingerprint density at radius 1 is 1.46 bits per heavy atom. The van der Waals surface area contributed by atoms with Crippen molar-refractivity contribution < 1.29 is 17.0 Å². The minimum atomic E-state index is -4.69. The average molecular weight is 205 g/mol. The van der Waals surface area contributed by atoms with Gasteiger partial charge < -0.3 is 10.5 Å². The predicted molar refractivity (Wildman–Crippen MR) is 45.7 cm³/mol. The van der Waals surface area contributed by atoms with E-state index >= 15 is 0 Å². The third-order valence-electron chi connectivity index (χ3n) is 1.49. The standard InChI is InChI=1S/C7H8FNO3S/c1-12-7-4-5(13(8,10)11)2-3-6(7)9/h2-4H,9H2,1H3. The number of methoxy groups -OCH3 is 1. The van der Waals surface area contributed by atoms with Crippen LogP contribution < -0.4 is 10.5 Å². The van der Waals surface area contributed by atoms with E-state index in [0.29, 0.717) is 0 Å². The fourth-order valence-corrected chi connectivity index (χ4v) is 1.32. The SMILES string of the molecule is COc1cc(S(=O)(=O)F)ccc1N. The third-order valence-corrected chi connectivity index (χ3v) is 2.30. The van der Waals surface area contributed by atoms with Crippen molar-refractivity contribution in [1.29, 1.82) is 0 Å². The Hall–Kier alpha value is -1.30. The molecule has 0 amide bonds. The van der Waals surface area contributed by atoms with Crippen molar-refractivity contribution in [1.82, 2.24) is 0 Å². The maximum atomic E-state index is 12.4. The van der Waals surface area contributed by atoms with Crippen LogP contribution in [0.2, 0.25) is 0 Å². The molecule has 0 heterocycles. The number of hydrogen-bond acceptors (Lipinski definition) is 4.